The minimum absolute atomic E-state index is 0.0366. The number of hydrogen-bond acceptors (Lipinski definition) is 6. The molecule has 0 bridgehead atoms. The van der Waals surface area contributed by atoms with Gasteiger partial charge in [-0.15, -0.1) is 0 Å². The van der Waals surface area contributed by atoms with Crippen molar-refractivity contribution in [2.24, 2.45) is 0 Å². The number of amides is 1. The Hall–Kier alpha value is -4.99. The molecule has 37 heavy (non-hydrogen) atoms. The molecule has 0 spiro atoms. The van der Waals surface area contributed by atoms with Crippen LogP contribution >= 0.6 is 0 Å². The van der Waals surface area contributed by atoms with Crippen molar-refractivity contribution in [3.63, 3.8) is 0 Å². The van der Waals surface area contributed by atoms with E-state index in [4.69, 9.17) is 4.74 Å². The Kier molecular flexibility index (Phi) is 7.28. The number of carbonyl (C=O) groups is 3. The third-order valence-corrected chi connectivity index (χ3v) is 5.78. The average Bonchev–Trinajstić information content (AvgIpc) is 3.28. The number of hydrogen-bond donors (Lipinski definition) is 2. The number of aromatic nitrogens is 1. The Morgan fingerprint density at radius 1 is 1.03 bits per heavy atom. The van der Waals surface area contributed by atoms with Crippen LogP contribution in [0.25, 0.3) is 16.6 Å². The van der Waals surface area contributed by atoms with Gasteiger partial charge >= 0.3 is 11.9 Å². The molecule has 4 rings (SSSR count). The molecule has 0 fully saturated rings. The highest BCUT2D eigenvalue weighted by atomic mass is 16.6. The molecule has 0 aliphatic carbocycles. The van der Waals surface area contributed by atoms with E-state index >= 15 is 0 Å². The van der Waals surface area contributed by atoms with Crippen LogP contribution in [0.5, 0.6) is 0 Å². The number of fused-ring (bicyclic) bond motifs is 1. The molecule has 10 heteroatoms. The SMILES string of the molecule is CCOC(=O)c1c(NC(=O)CCc2ccc([N+](=O)[O-])cc2)ccc2c1c(C(=O)O)cn2-c1ccccc1. The Morgan fingerprint density at radius 2 is 1.73 bits per heavy atom. The predicted octanol–water partition coefficient (Wildman–Crippen LogP) is 4.98. The molecular formula is C27H23N3O7. The van der Waals surface area contributed by atoms with E-state index in [2.05, 4.69) is 5.32 Å². The van der Waals surface area contributed by atoms with E-state index in [0.29, 0.717) is 17.6 Å². The van der Waals surface area contributed by atoms with Crippen LogP contribution < -0.4 is 5.32 Å². The first-order valence-electron chi connectivity index (χ1n) is 11.5. The van der Waals surface area contributed by atoms with E-state index in [0.717, 1.165) is 5.56 Å². The monoisotopic (exact) mass is 501 g/mol. The Morgan fingerprint density at radius 3 is 2.35 bits per heavy atom. The predicted molar refractivity (Wildman–Crippen MR) is 136 cm³/mol. The molecule has 0 unspecified atom stereocenters. The maximum atomic E-state index is 13.0. The maximum absolute atomic E-state index is 13.0. The summed E-state index contributed by atoms with van der Waals surface area (Å²) >= 11 is 0. The second-order valence-corrected chi connectivity index (χ2v) is 8.13. The van der Waals surface area contributed by atoms with E-state index in [1.807, 2.05) is 30.3 Å². The van der Waals surface area contributed by atoms with Crippen LogP contribution in [0, 0.1) is 10.1 Å². The molecular weight excluding hydrogens is 478 g/mol. The van der Waals surface area contributed by atoms with Crippen LogP contribution in [-0.4, -0.2) is 39.0 Å². The fourth-order valence-corrected chi connectivity index (χ4v) is 4.07. The summed E-state index contributed by atoms with van der Waals surface area (Å²) in [5, 5.41) is 23.6. The van der Waals surface area contributed by atoms with Gasteiger partial charge in [-0.3, -0.25) is 14.9 Å². The van der Waals surface area contributed by atoms with E-state index in [-0.39, 0.29) is 40.9 Å². The number of para-hydroxylation sites is 1. The quantitative estimate of drug-likeness (QED) is 0.187. The van der Waals surface area contributed by atoms with Gasteiger partial charge in [0.15, 0.2) is 0 Å². The first-order valence-corrected chi connectivity index (χ1v) is 11.5. The molecule has 1 aromatic heterocycles. The number of ether oxygens (including phenoxy) is 1. The molecule has 1 heterocycles. The van der Waals surface area contributed by atoms with E-state index in [1.54, 1.807) is 35.8 Å². The number of esters is 1. The normalized spacial score (nSPS) is 10.7. The Bertz CT molecular complexity index is 1490. The number of nitrogens with one attached hydrogen (secondary N) is 1. The van der Waals surface area contributed by atoms with Gasteiger partial charge in [-0.1, -0.05) is 30.3 Å². The van der Waals surface area contributed by atoms with Crippen LogP contribution in [0.3, 0.4) is 0 Å². The van der Waals surface area contributed by atoms with Crippen molar-refractivity contribution in [3.8, 4) is 5.69 Å². The van der Waals surface area contributed by atoms with Gasteiger partial charge in [-0.25, -0.2) is 9.59 Å². The zero-order valence-electron chi connectivity index (χ0n) is 19.8. The summed E-state index contributed by atoms with van der Waals surface area (Å²) in [5.41, 5.74) is 1.84. The number of anilines is 1. The lowest BCUT2D eigenvalue weighted by Crippen LogP contribution is -2.17. The first-order chi connectivity index (χ1) is 17.8. The van der Waals surface area contributed by atoms with Gasteiger partial charge in [0.2, 0.25) is 5.91 Å². The minimum atomic E-state index is -1.23. The fourth-order valence-electron chi connectivity index (χ4n) is 4.07. The standard InChI is InChI=1S/C27H23N3O7/c1-2-37-27(34)25-21(28-23(31)15-10-17-8-11-19(12-9-17)30(35)36)13-14-22-24(25)20(26(32)33)16-29(22)18-6-4-3-5-7-18/h3-9,11-14,16H,2,10,15H2,1H3,(H,28,31)(H,32,33). The number of aromatic carboxylic acids is 1. The van der Waals surface area contributed by atoms with Gasteiger partial charge in [-0.05, 0) is 43.2 Å². The smallest absolute Gasteiger partial charge is 0.340 e. The van der Waals surface area contributed by atoms with E-state index in [9.17, 15) is 29.6 Å². The highest BCUT2D eigenvalue weighted by Crippen LogP contribution is 2.33. The molecule has 0 atom stereocenters. The minimum Gasteiger partial charge on any atom is -0.478 e. The zero-order chi connectivity index (χ0) is 26.5. The number of benzene rings is 3. The summed E-state index contributed by atoms with van der Waals surface area (Å²) in [4.78, 5) is 48.3. The second kappa shape index (κ2) is 10.7. The molecule has 2 N–H and O–H groups in total. The molecule has 188 valence electrons. The summed E-state index contributed by atoms with van der Waals surface area (Å²) in [6.45, 7) is 1.69. The fraction of sp³-hybridized carbons (Fsp3) is 0.148. The van der Waals surface area contributed by atoms with Gasteiger partial charge in [0, 0.05) is 35.8 Å². The number of aryl methyl sites for hydroxylation is 1. The van der Waals surface area contributed by atoms with Crippen LogP contribution in [0.1, 0.15) is 39.6 Å². The van der Waals surface area contributed by atoms with Crippen LogP contribution in [0.15, 0.2) is 72.9 Å². The van der Waals surface area contributed by atoms with Gasteiger partial charge in [0.25, 0.3) is 5.69 Å². The molecule has 0 saturated heterocycles. The topological polar surface area (TPSA) is 141 Å². The number of nitro benzene ring substituents is 1. The lowest BCUT2D eigenvalue weighted by Gasteiger charge is -2.13. The number of rotatable bonds is 9. The lowest BCUT2D eigenvalue weighted by molar-refractivity contribution is -0.384. The highest BCUT2D eigenvalue weighted by Gasteiger charge is 2.26. The largest absolute Gasteiger partial charge is 0.478 e. The number of nitro groups is 1. The molecule has 10 nitrogen and oxygen atoms in total. The van der Waals surface area contributed by atoms with Crippen molar-refractivity contribution in [3.05, 3.63) is 99.7 Å². The van der Waals surface area contributed by atoms with Crippen molar-refractivity contribution >= 4 is 40.1 Å². The summed E-state index contributed by atoms with van der Waals surface area (Å²) in [6, 6.07) is 18.1. The van der Waals surface area contributed by atoms with Crippen LogP contribution in [0.2, 0.25) is 0 Å². The van der Waals surface area contributed by atoms with Crippen molar-refractivity contribution in [2.45, 2.75) is 19.8 Å². The average molecular weight is 501 g/mol. The van der Waals surface area contributed by atoms with Crippen LogP contribution in [-0.2, 0) is 16.0 Å². The third kappa shape index (κ3) is 5.32. The molecule has 4 aromatic rings. The molecule has 1 amide bonds. The first kappa shape index (κ1) is 25.1. The van der Waals surface area contributed by atoms with Crippen LogP contribution in [0.4, 0.5) is 11.4 Å². The zero-order valence-corrected chi connectivity index (χ0v) is 19.8. The van der Waals surface area contributed by atoms with Crippen molar-refractivity contribution in [1.29, 1.82) is 0 Å². The number of carboxylic acids is 1. The molecule has 3 aromatic carbocycles. The molecule has 0 radical (unpaired) electrons. The summed E-state index contributed by atoms with van der Waals surface area (Å²) in [6.07, 6.45) is 1.78. The van der Waals surface area contributed by atoms with E-state index in [1.165, 1.54) is 18.3 Å². The van der Waals surface area contributed by atoms with Gasteiger partial charge < -0.3 is 19.7 Å². The van der Waals surface area contributed by atoms with Crippen molar-refractivity contribution in [1.82, 2.24) is 4.57 Å². The molecule has 0 saturated carbocycles. The number of carbonyl (C=O) groups excluding carboxylic acids is 2. The number of non-ortho nitro benzene ring substituents is 1. The second-order valence-electron chi connectivity index (χ2n) is 8.13. The van der Waals surface area contributed by atoms with Gasteiger partial charge in [0.05, 0.1) is 33.9 Å². The summed E-state index contributed by atoms with van der Waals surface area (Å²) in [7, 11) is 0. The number of nitrogens with zero attached hydrogens (tertiary/aromatic N) is 2. The molecule has 0 aliphatic rings. The highest BCUT2D eigenvalue weighted by molar-refractivity contribution is 6.17. The Balaban J connectivity index is 1.70. The maximum Gasteiger partial charge on any atom is 0.340 e. The lowest BCUT2D eigenvalue weighted by atomic mass is 10.0. The number of carboxylic acid groups (broad SMARTS) is 1. The van der Waals surface area contributed by atoms with E-state index < -0.39 is 22.8 Å². The van der Waals surface area contributed by atoms with Gasteiger partial charge in [-0.2, -0.15) is 0 Å². The van der Waals surface area contributed by atoms with Gasteiger partial charge in [0.1, 0.15) is 0 Å². The van der Waals surface area contributed by atoms with Crippen molar-refractivity contribution in [2.75, 3.05) is 11.9 Å². The van der Waals surface area contributed by atoms with Crippen molar-refractivity contribution < 1.29 is 29.2 Å². The Labute approximate surface area is 211 Å². The molecule has 0 aliphatic heterocycles. The third-order valence-electron chi connectivity index (χ3n) is 5.78. The summed E-state index contributed by atoms with van der Waals surface area (Å²) < 4.78 is 6.89. The summed E-state index contributed by atoms with van der Waals surface area (Å²) in [5.74, 6) is -2.40.